The van der Waals surface area contributed by atoms with Gasteiger partial charge in [0, 0.05) is 22.9 Å². The molecule has 0 aliphatic carbocycles. The zero-order chi connectivity index (χ0) is 13.1. The van der Waals surface area contributed by atoms with Crippen molar-refractivity contribution < 1.29 is 0 Å². The summed E-state index contributed by atoms with van der Waals surface area (Å²) in [6.45, 7) is 7.28. The second-order valence-electron chi connectivity index (χ2n) is 4.33. The van der Waals surface area contributed by atoms with Gasteiger partial charge in [-0.3, -0.25) is 0 Å². The van der Waals surface area contributed by atoms with Crippen LogP contribution in [-0.2, 0) is 0 Å². The Morgan fingerprint density at radius 3 is 2.83 bits per heavy atom. The Hall–Kier alpha value is -1.13. The topological polar surface area (TPSA) is 29.9 Å². The Morgan fingerprint density at radius 2 is 2.22 bits per heavy atom. The fourth-order valence-electron chi connectivity index (χ4n) is 2.14. The van der Waals surface area contributed by atoms with Gasteiger partial charge in [-0.2, -0.15) is 0 Å². The van der Waals surface area contributed by atoms with Gasteiger partial charge in [-0.25, -0.2) is 4.98 Å². The van der Waals surface area contributed by atoms with E-state index in [1.807, 2.05) is 19.3 Å². The summed E-state index contributed by atoms with van der Waals surface area (Å²) >= 11 is 3.54. The van der Waals surface area contributed by atoms with Gasteiger partial charge in [0.05, 0.1) is 5.69 Å². The quantitative estimate of drug-likeness (QED) is 0.935. The zero-order valence-corrected chi connectivity index (χ0v) is 12.5. The summed E-state index contributed by atoms with van der Waals surface area (Å²) in [5.74, 6) is 0.998. The minimum atomic E-state index is 0.319. The van der Waals surface area contributed by atoms with Crippen molar-refractivity contribution in [3.63, 3.8) is 0 Å². The average molecular weight is 308 g/mol. The molecule has 0 spiro atoms. The van der Waals surface area contributed by atoms with E-state index in [1.54, 1.807) is 0 Å². The highest BCUT2D eigenvalue weighted by atomic mass is 79.9. The molecule has 4 heteroatoms. The van der Waals surface area contributed by atoms with Crippen LogP contribution in [0.4, 0.5) is 0 Å². The van der Waals surface area contributed by atoms with E-state index in [0.717, 1.165) is 16.8 Å². The van der Waals surface area contributed by atoms with Crippen molar-refractivity contribution in [2.75, 3.05) is 6.54 Å². The van der Waals surface area contributed by atoms with E-state index in [1.165, 1.54) is 11.3 Å². The molecular weight excluding hydrogens is 290 g/mol. The molecule has 1 atom stereocenters. The van der Waals surface area contributed by atoms with E-state index in [4.69, 9.17) is 0 Å². The molecule has 1 heterocycles. The number of rotatable bonds is 4. The highest BCUT2D eigenvalue weighted by Crippen LogP contribution is 2.26. The normalized spacial score (nSPS) is 12.7. The lowest BCUT2D eigenvalue weighted by Gasteiger charge is -2.18. The summed E-state index contributed by atoms with van der Waals surface area (Å²) in [6.07, 6.45) is 3.83. The Labute approximate surface area is 116 Å². The minimum Gasteiger partial charge on any atom is -0.310 e. The van der Waals surface area contributed by atoms with Crippen molar-refractivity contribution in [2.24, 2.45) is 0 Å². The van der Waals surface area contributed by atoms with Gasteiger partial charge in [-0.05, 0) is 38.1 Å². The van der Waals surface area contributed by atoms with Crippen molar-refractivity contribution >= 4 is 15.9 Å². The van der Waals surface area contributed by atoms with E-state index in [0.29, 0.717) is 6.04 Å². The fraction of sp³-hybridized carbons (Fsp3) is 0.357. The second kappa shape index (κ2) is 5.67. The SMILES string of the molecule is CCNC(C)c1ccc(Br)cc1-n1ccnc1C. The molecule has 0 saturated carbocycles. The molecule has 0 bridgehead atoms. The molecule has 0 amide bonds. The molecule has 3 nitrogen and oxygen atoms in total. The lowest BCUT2D eigenvalue weighted by atomic mass is 10.1. The smallest absolute Gasteiger partial charge is 0.110 e. The van der Waals surface area contributed by atoms with Crippen LogP contribution in [-0.4, -0.2) is 16.1 Å². The predicted molar refractivity (Wildman–Crippen MR) is 78.1 cm³/mol. The van der Waals surface area contributed by atoms with E-state index < -0.39 is 0 Å². The summed E-state index contributed by atoms with van der Waals surface area (Å²) in [5.41, 5.74) is 2.45. The third-order valence-electron chi connectivity index (χ3n) is 3.05. The van der Waals surface area contributed by atoms with Gasteiger partial charge in [0.15, 0.2) is 0 Å². The van der Waals surface area contributed by atoms with Gasteiger partial charge in [-0.15, -0.1) is 0 Å². The summed E-state index contributed by atoms with van der Waals surface area (Å²) < 4.78 is 3.20. The van der Waals surface area contributed by atoms with Gasteiger partial charge in [0.1, 0.15) is 5.82 Å². The van der Waals surface area contributed by atoms with Crippen LogP contribution in [0.5, 0.6) is 0 Å². The van der Waals surface area contributed by atoms with E-state index in [2.05, 4.69) is 62.8 Å². The Bertz CT molecular complexity index is 534. The van der Waals surface area contributed by atoms with Gasteiger partial charge >= 0.3 is 0 Å². The Balaban J connectivity index is 2.51. The molecule has 1 unspecified atom stereocenters. The predicted octanol–water partition coefficient (Wildman–Crippen LogP) is 3.61. The molecule has 1 aromatic carbocycles. The van der Waals surface area contributed by atoms with Crippen LogP contribution in [0.1, 0.15) is 31.3 Å². The van der Waals surface area contributed by atoms with Gasteiger partial charge in [0.25, 0.3) is 0 Å². The lowest BCUT2D eigenvalue weighted by molar-refractivity contribution is 0.595. The molecule has 2 aromatic rings. The lowest BCUT2D eigenvalue weighted by Crippen LogP contribution is -2.19. The van der Waals surface area contributed by atoms with E-state index >= 15 is 0 Å². The van der Waals surface area contributed by atoms with Gasteiger partial charge < -0.3 is 9.88 Å². The summed E-state index contributed by atoms with van der Waals surface area (Å²) in [7, 11) is 0. The van der Waals surface area contributed by atoms with Gasteiger partial charge in [0.2, 0.25) is 0 Å². The van der Waals surface area contributed by atoms with Crippen molar-refractivity contribution in [3.05, 3.63) is 46.5 Å². The summed E-state index contributed by atoms with van der Waals surface area (Å²) in [4.78, 5) is 4.30. The molecule has 2 rings (SSSR count). The molecule has 0 fully saturated rings. The van der Waals surface area contributed by atoms with Crippen molar-refractivity contribution in [3.8, 4) is 5.69 Å². The maximum absolute atomic E-state index is 4.30. The monoisotopic (exact) mass is 307 g/mol. The van der Waals surface area contributed by atoms with E-state index in [-0.39, 0.29) is 0 Å². The summed E-state index contributed by atoms with van der Waals surface area (Å²) in [5, 5.41) is 3.45. The number of benzene rings is 1. The standard InChI is InChI=1S/C14H18BrN3/c1-4-16-10(2)13-6-5-12(15)9-14(13)18-8-7-17-11(18)3/h5-10,16H,4H2,1-3H3. The number of aromatic nitrogens is 2. The molecule has 0 aliphatic rings. The Morgan fingerprint density at radius 1 is 1.44 bits per heavy atom. The first-order valence-corrected chi connectivity index (χ1v) is 6.96. The molecule has 96 valence electrons. The number of hydrogen-bond acceptors (Lipinski definition) is 2. The number of halogens is 1. The van der Waals surface area contributed by atoms with Crippen LogP contribution in [0.3, 0.4) is 0 Å². The van der Waals surface area contributed by atoms with Gasteiger partial charge in [-0.1, -0.05) is 28.9 Å². The van der Waals surface area contributed by atoms with Crippen LogP contribution >= 0.6 is 15.9 Å². The third-order valence-corrected chi connectivity index (χ3v) is 3.55. The van der Waals surface area contributed by atoms with Crippen LogP contribution in [0.15, 0.2) is 35.1 Å². The second-order valence-corrected chi connectivity index (χ2v) is 5.24. The molecule has 18 heavy (non-hydrogen) atoms. The van der Waals surface area contributed by atoms with Crippen LogP contribution < -0.4 is 5.32 Å². The molecule has 0 radical (unpaired) electrons. The Kier molecular flexibility index (Phi) is 4.19. The highest BCUT2D eigenvalue weighted by Gasteiger charge is 2.12. The number of hydrogen-bond donors (Lipinski definition) is 1. The molecule has 1 aromatic heterocycles. The maximum atomic E-state index is 4.30. The first kappa shape index (κ1) is 13.3. The van der Waals surface area contributed by atoms with Crippen LogP contribution in [0, 0.1) is 6.92 Å². The third kappa shape index (κ3) is 2.65. The van der Waals surface area contributed by atoms with Crippen molar-refractivity contribution in [1.29, 1.82) is 0 Å². The number of imidazole rings is 1. The molecule has 0 aliphatic heterocycles. The first-order chi connectivity index (χ1) is 8.63. The first-order valence-electron chi connectivity index (χ1n) is 6.16. The largest absolute Gasteiger partial charge is 0.310 e. The zero-order valence-electron chi connectivity index (χ0n) is 10.9. The number of nitrogens with zero attached hydrogens (tertiary/aromatic N) is 2. The van der Waals surface area contributed by atoms with E-state index in [9.17, 15) is 0 Å². The molecule has 1 N–H and O–H groups in total. The summed E-state index contributed by atoms with van der Waals surface area (Å²) in [6, 6.07) is 6.70. The van der Waals surface area contributed by atoms with Crippen LogP contribution in [0.2, 0.25) is 0 Å². The van der Waals surface area contributed by atoms with Crippen molar-refractivity contribution in [2.45, 2.75) is 26.8 Å². The fourth-order valence-corrected chi connectivity index (χ4v) is 2.49. The average Bonchev–Trinajstić information content (AvgIpc) is 2.75. The molecule has 0 saturated heterocycles. The van der Waals surface area contributed by atoms with Crippen LogP contribution in [0.25, 0.3) is 5.69 Å². The van der Waals surface area contributed by atoms with Crippen molar-refractivity contribution in [1.82, 2.24) is 14.9 Å². The minimum absolute atomic E-state index is 0.319. The number of aryl methyl sites for hydroxylation is 1. The maximum Gasteiger partial charge on any atom is 0.110 e. The highest BCUT2D eigenvalue weighted by molar-refractivity contribution is 9.10. The number of nitrogens with one attached hydrogen (secondary N) is 1. The molecular formula is C14H18BrN3.